The minimum Gasteiger partial charge on any atom is -0.497 e. The monoisotopic (exact) mass is 221 g/mol. The maximum atomic E-state index is 9.19. The number of benzene rings is 1. The number of rotatable bonds is 3. The van der Waals surface area contributed by atoms with Gasteiger partial charge < -0.3 is 15.2 Å². The van der Waals surface area contributed by atoms with Crippen LogP contribution in [0.1, 0.15) is 17.9 Å². The molecule has 0 aromatic heterocycles. The predicted octanol–water partition coefficient (Wildman–Crippen LogP) is 1.38. The zero-order chi connectivity index (χ0) is 11.4. The number of ether oxygens (including phenoxy) is 1. The van der Waals surface area contributed by atoms with Crippen LogP contribution < -0.4 is 10.1 Å². The molecule has 1 aromatic carbocycles. The Morgan fingerprint density at radius 1 is 1.44 bits per heavy atom. The Morgan fingerprint density at radius 2 is 2.31 bits per heavy atom. The van der Waals surface area contributed by atoms with Gasteiger partial charge in [0.1, 0.15) is 5.75 Å². The molecule has 1 heterocycles. The lowest BCUT2D eigenvalue weighted by Gasteiger charge is -2.29. The van der Waals surface area contributed by atoms with E-state index in [2.05, 4.69) is 17.4 Å². The maximum absolute atomic E-state index is 9.19. The van der Waals surface area contributed by atoms with Crippen molar-refractivity contribution in [1.82, 2.24) is 5.32 Å². The van der Waals surface area contributed by atoms with Gasteiger partial charge in [0.25, 0.3) is 0 Å². The Bertz CT molecular complexity index is 340. The highest BCUT2D eigenvalue weighted by atomic mass is 16.5. The van der Waals surface area contributed by atoms with Crippen LogP contribution >= 0.6 is 0 Å². The van der Waals surface area contributed by atoms with Crippen molar-refractivity contribution in [3.8, 4) is 5.75 Å². The summed E-state index contributed by atoms with van der Waals surface area (Å²) < 4.78 is 5.23. The SMILES string of the molecule is COc1cccc(C2CNCC(CO)C2)c1. The highest BCUT2D eigenvalue weighted by Gasteiger charge is 2.22. The van der Waals surface area contributed by atoms with E-state index in [4.69, 9.17) is 4.74 Å². The standard InChI is InChI=1S/C13H19NO2/c1-16-13-4-2-3-11(6-13)12-5-10(9-15)7-14-8-12/h2-4,6,10,12,14-15H,5,7-9H2,1H3. The summed E-state index contributed by atoms with van der Waals surface area (Å²) in [4.78, 5) is 0. The first-order valence-electron chi connectivity index (χ1n) is 5.79. The van der Waals surface area contributed by atoms with Crippen LogP contribution in [0, 0.1) is 5.92 Å². The largest absolute Gasteiger partial charge is 0.497 e. The van der Waals surface area contributed by atoms with Crippen molar-refractivity contribution in [2.75, 3.05) is 26.8 Å². The molecule has 2 atom stereocenters. The second-order valence-electron chi connectivity index (χ2n) is 4.42. The van der Waals surface area contributed by atoms with Crippen LogP contribution in [0.15, 0.2) is 24.3 Å². The topological polar surface area (TPSA) is 41.5 Å². The van der Waals surface area contributed by atoms with Crippen LogP contribution in [0.3, 0.4) is 0 Å². The number of aliphatic hydroxyl groups is 1. The molecule has 0 aliphatic carbocycles. The molecule has 88 valence electrons. The molecule has 1 fully saturated rings. The zero-order valence-electron chi connectivity index (χ0n) is 9.65. The van der Waals surface area contributed by atoms with Gasteiger partial charge in [-0.05, 0) is 36.0 Å². The molecule has 2 unspecified atom stereocenters. The van der Waals surface area contributed by atoms with Crippen molar-refractivity contribution in [2.24, 2.45) is 5.92 Å². The highest BCUT2D eigenvalue weighted by Crippen LogP contribution is 2.28. The fourth-order valence-corrected chi connectivity index (χ4v) is 2.32. The Morgan fingerprint density at radius 3 is 3.06 bits per heavy atom. The van der Waals surface area contributed by atoms with E-state index in [1.165, 1.54) is 5.56 Å². The van der Waals surface area contributed by atoms with Crippen LogP contribution in [0.2, 0.25) is 0 Å². The number of piperidine rings is 1. The van der Waals surface area contributed by atoms with Gasteiger partial charge in [0.15, 0.2) is 0 Å². The fourth-order valence-electron chi connectivity index (χ4n) is 2.32. The van der Waals surface area contributed by atoms with E-state index >= 15 is 0 Å². The fraction of sp³-hybridized carbons (Fsp3) is 0.538. The van der Waals surface area contributed by atoms with Gasteiger partial charge in [-0.2, -0.15) is 0 Å². The van der Waals surface area contributed by atoms with Gasteiger partial charge in [-0.3, -0.25) is 0 Å². The van der Waals surface area contributed by atoms with Crippen molar-refractivity contribution in [1.29, 1.82) is 0 Å². The highest BCUT2D eigenvalue weighted by molar-refractivity contribution is 5.31. The molecule has 0 radical (unpaired) electrons. The molecular weight excluding hydrogens is 202 g/mol. The van der Waals surface area contributed by atoms with E-state index in [1.54, 1.807) is 7.11 Å². The van der Waals surface area contributed by atoms with Crippen molar-refractivity contribution in [2.45, 2.75) is 12.3 Å². The number of nitrogens with one attached hydrogen (secondary N) is 1. The number of methoxy groups -OCH3 is 1. The molecule has 3 heteroatoms. The smallest absolute Gasteiger partial charge is 0.119 e. The third kappa shape index (κ3) is 2.54. The van der Waals surface area contributed by atoms with Crippen LogP contribution in [0.5, 0.6) is 5.75 Å². The van der Waals surface area contributed by atoms with Crippen molar-refractivity contribution < 1.29 is 9.84 Å². The molecule has 0 bridgehead atoms. The van der Waals surface area contributed by atoms with Crippen LogP contribution in [0.4, 0.5) is 0 Å². The first-order valence-corrected chi connectivity index (χ1v) is 5.79. The molecule has 3 nitrogen and oxygen atoms in total. The van der Waals surface area contributed by atoms with E-state index in [0.29, 0.717) is 11.8 Å². The van der Waals surface area contributed by atoms with E-state index < -0.39 is 0 Å². The lowest BCUT2D eigenvalue weighted by atomic mass is 9.86. The Kier molecular flexibility index (Phi) is 3.80. The minimum absolute atomic E-state index is 0.271. The second kappa shape index (κ2) is 5.32. The molecule has 1 aliphatic rings. The molecule has 0 spiro atoms. The van der Waals surface area contributed by atoms with E-state index in [1.807, 2.05) is 12.1 Å². The first-order chi connectivity index (χ1) is 7.83. The van der Waals surface area contributed by atoms with Crippen LogP contribution in [-0.2, 0) is 0 Å². The number of hydrogen-bond acceptors (Lipinski definition) is 3. The summed E-state index contributed by atoms with van der Waals surface area (Å²) in [6, 6.07) is 8.21. The predicted molar refractivity (Wildman–Crippen MR) is 63.8 cm³/mol. The van der Waals surface area contributed by atoms with Crippen LogP contribution in [-0.4, -0.2) is 31.9 Å². The summed E-state index contributed by atoms with van der Waals surface area (Å²) in [6.45, 7) is 2.19. The zero-order valence-corrected chi connectivity index (χ0v) is 9.65. The maximum Gasteiger partial charge on any atom is 0.119 e. The Hall–Kier alpha value is -1.06. The lowest BCUT2D eigenvalue weighted by molar-refractivity contribution is 0.190. The Balaban J connectivity index is 2.10. The van der Waals surface area contributed by atoms with Gasteiger partial charge in [0.2, 0.25) is 0 Å². The summed E-state index contributed by atoms with van der Waals surface area (Å²) in [5.74, 6) is 1.77. The van der Waals surface area contributed by atoms with E-state index in [9.17, 15) is 5.11 Å². The Labute approximate surface area is 96.4 Å². The second-order valence-corrected chi connectivity index (χ2v) is 4.42. The van der Waals surface area contributed by atoms with Gasteiger partial charge in [-0.1, -0.05) is 12.1 Å². The number of hydrogen-bond donors (Lipinski definition) is 2. The van der Waals surface area contributed by atoms with Gasteiger partial charge >= 0.3 is 0 Å². The van der Waals surface area contributed by atoms with Gasteiger partial charge in [0.05, 0.1) is 7.11 Å². The van der Waals surface area contributed by atoms with Gasteiger partial charge in [-0.25, -0.2) is 0 Å². The molecule has 1 saturated heterocycles. The summed E-state index contributed by atoms with van der Waals surface area (Å²) >= 11 is 0. The van der Waals surface area contributed by atoms with Crippen molar-refractivity contribution in [3.05, 3.63) is 29.8 Å². The third-order valence-electron chi connectivity index (χ3n) is 3.26. The average molecular weight is 221 g/mol. The molecule has 2 N–H and O–H groups in total. The molecule has 16 heavy (non-hydrogen) atoms. The summed E-state index contributed by atoms with van der Waals surface area (Å²) in [7, 11) is 1.69. The molecular formula is C13H19NO2. The lowest BCUT2D eigenvalue weighted by Crippen LogP contribution is -2.36. The quantitative estimate of drug-likeness (QED) is 0.810. The van der Waals surface area contributed by atoms with Gasteiger partial charge in [-0.15, -0.1) is 0 Å². The van der Waals surface area contributed by atoms with Crippen LogP contribution in [0.25, 0.3) is 0 Å². The molecule has 0 saturated carbocycles. The van der Waals surface area contributed by atoms with Crippen molar-refractivity contribution >= 4 is 0 Å². The normalized spacial score (nSPS) is 25.4. The summed E-state index contributed by atoms with van der Waals surface area (Å²) in [5.41, 5.74) is 1.30. The molecule has 2 rings (SSSR count). The van der Waals surface area contributed by atoms with E-state index in [-0.39, 0.29) is 6.61 Å². The summed E-state index contributed by atoms with van der Waals surface area (Å²) in [6.07, 6.45) is 1.05. The third-order valence-corrected chi connectivity index (χ3v) is 3.26. The summed E-state index contributed by atoms with van der Waals surface area (Å²) in [5, 5.41) is 12.6. The number of aliphatic hydroxyl groups excluding tert-OH is 1. The first kappa shape index (κ1) is 11.4. The minimum atomic E-state index is 0.271. The molecule has 1 aromatic rings. The average Bonchev–Trinajstić information content (AvgIpc) is 2.39. The van der Waals surface area contributed by atoms with E-state index in [0.717, 1.165) is 25.3 Å². The molecule has 0 amide bonds. The van der Waals surface area contributed by atoms with Crippen molar-refractivity contribution in [3.63, 3.8) is 0 Å². The molecule has 1 aliphatic heterocycles. The van der Waals surface area contributed by atoms with Gasteiger partial charge in [0, 0.05) is 19.7 Å².